The molecule has 2 aromatic carbocycles. The van der Waals surface area contributed by atoms with Gasteiger partial charge in [-0.05, 0) is 23.8 Å². The summed E-state index contributed by atoms with van der Waals surface area (Å²) in [6.45, 7) is 0.427. The van der Waals surface area contributed by atoms with Crippen LogP contribution in [0.15, 0.2) is 48.5 Å². The number of ether oxygens (including phenoxy) is 1. The van der Waals surface area contributed by atoms with E-state index in [2.05, 4.69) is 10.4 Å². The number of rotatable bonds is 5. The predicted octanol–water partition coefficient (Wildman–Crippen LogP) is 2.44. The molecule has 1 amide bonds. The van der Waals surface area contributed by atoms with Crippen LogP contribution >= 0.6 is 0 Å². The zero-order chi connectivity index (χ0) is 16.2. The lowest BCUT2D eigenvalue weighted by molar-refractivity contribution is -0.120. The molecule has 0 aliphatic rings. The number of fused-ring (bicyclic) bond motifs is 1. The highest BCUT2D eigenvalue weighted by atomic mass is 16.5. The fraction of sp³-hybridized carbons (Fsp3) is 0.222. The molecular weight excluding hydrogens is 290 g/mol. The van der Waals surface area contributed by atoms with Gasteiger partial charge in [-0.3, -0.25) is 9.48 Å². The number of hydrogen-bond acceptors (Lipinski definition) is 3. The number of carbonyl (C=O) groups excluding carboxylic acids is 1. The van der Waals surface area contributed by atoms with Gasteiger partial charge in [0.1, 0.15) is 5.75 Å². The van der Waals surface area contributed by atoms with Crippen molar-refractivity contribution in [2.45, 2.75) is 13.0 Å². The van der Waals surface area contributed by atoms with E-state index < -0.39 is 0 Å². The van der Waals surface area contributed by atoms with Gasteiger partial charge in [-0.2, -0.15) is 5.10 Å². The first kappa shape index (κ1) is 15.1. The van der Waals surface area contributed by atoms with E-state index in [0.717, 1.165) is 27.9 Å². The van der Waals surface area contributed by atoms with Gasteiger partial charge in [-0.15, -0.1) is 0 Å². The summed E-state index contributed by atoms with van der Waals surface area (Å²) in [6.07, 6.45) is 0.342. The highest BCUT2D eigenvalue weighted by Gasteiger charge is 2.09. The minimum atomic E-state index is -0.0232. The van der Waals surface area contributed by atoms with Gasteiger partial charge >= 0.3 is 0 Å². The Morgan fingerprint density at radius 1 is 1.17 bits per heavy atom. The third-order valence-electron chi connectivity index (χ3n) is 3.81. The summed E-state index contributed by atoms with van der Waals surface area (Å²) in [5, 5.41) is 8.48. The number of hydrogen-bond donors (Lipinski definition) is 1. The molecule has 5 nitrogen and oxygen atoms in total. The number of nitrogens with one attached hydrogen (secondary N) is 1. The summed E-state index contributed by atoms with van der Waals surface area (Å²) >= 11 is 0. The molecule has 1 heterocycles. The molecule has 0 aliphatic carbocycles. The molecule has 23 heavy (non-hydrogen) atoms. The Morgan fingerprint density at radius 3 is 2.65 bits per heavy atom. The quantitative estimate of drug-likeness (QED) is 0.787. The van der Waals surface area contributed by atoms with Crippen LogP contribution < -0.4 is 10.1 Å². The molecule has 1 aromatic heterocycles. The van der Waals surface area contributed by atoms with Gasteiger partial charge in [0, 0.05) is 12.4 Å². The number of para-hydroxylation sites is 1. The lowest BCUT2D eigenvalue weighted by atomic mass is 10.1. The van der Waals surface area contributed by atoms with Crippen molar-refractivity contribution in [2.75, 3.05) is 7.11 Å². The normalized spacial score (nSPS) is 10.7. The Kier molecular flexibility index (Phi) is 4.28. The van der Waals surface area contributed by atoms with E-state index in [1.54, 1.807) is 7.11 Å². The summed E-state index contributed by atoms with van der Waals surface area (Å²) in [7, 11) is 3.53. The molecule has 0 bridgehead atoms. The van der Waals surface area contributed by atoms with E-state index in [1.165, 1.54) is 0 Å². The molecule has 0 fully saturated rings. The first-order chi connectivity index (χ1) is 11.2. The molecular formula is C18H19N3O2. The fourth-order valence-corrected chi connectivity index (χ4v) is 2.59. The van der Waals surface area contributed by atoms with E-state index >= 15 is 0 Å². The number of carbonyl (C=O) groups is 1. The average molecular weight is 309 g/mol. The molecule has 0 atom stereocenters. The largest absolute Gasteiger partial charge is 0.497 e. The molecule has 0 saturated heterocycles. The van der Waals surface area contributed by atoms with Gasteiger partial charge in [0.2, 0.25) is 5.91 Å². The lowest BCUT2D eigenvalue weighted by Crippen LogP contribution is -2.24. The van der Waals surface area contributed by atoms with E-state index in [4.69, 9.17) is 4.74 Å². The maximum absolute atomic E-state index is 12.1. The summed E-state index contributed by atoms with van der Waals surface area (Å²) in [5.74, 6) is 0.763. The smallest absolute Gasteiger partial charge is 0.224 e. The highest BCUT2D eigenvalue weighted by Crippen LogP contribution is 2.17. The van der Waals surface area contributed by atoms with E-state index in [-0.39, 0.29) is 5.91 Å². The Balaban J connectivity index is 1.63. The van der Waals surface area contributed by atoms with Crippen molar-refractivity contribution in [1.82, 2.24) is 15.1 Å². The first-order valence-electron chi connectivity index (χ1n) is 7.47. The number of aromatic nitrogens is 2. The first-order valence-corrected chi connectivity index (χ1v) is 7.47. The van der Waals surface area contributed by atoms with Crippen LogP contribution in [0.3, 0.4) is 0 Å². The lowest BCUT2D eigenvalue weighted by Gasteiger charge is -2.05. The van der Waals surface area contributed by atoms with Gasteiger partial charge in [-0.1, -0.05) is 30.3 Å². The van der Waals surface area contributed by atoms with Gasteiger partial charge in [0.15, 0.2) is 0 Å². The molecule has 5 heteroatoms. The third kappa shape index (κ3) is 3.34. The van der Waals surface area contributed by atoms with Crippen LogP contribution in [0.25, 0.3) is 10.9 Å². The second kappa shape index (κ2) is 6.52. The summed E-state index contributed by atoms with van der Waals surface area (Å²) < 4.78 is 6.95. The monoisotopic (exact) mass is 309 g/mol. The Bertz CT molecular complexity index is 822. The molecule has 1 N–H and O–H groups in total. The topological polar surface area (TPSA) is 56.1 Å². The Morgan fingerprint density at radius 2 is 1.91 bits per heavy atom. The summed E-state index contributed by atoms with van der Waals surface area (Å²) in [5.41, 5.74) is 2.90. The van der Waals surface area contributed by atoms with Crippen molar-refractivity contribution in [3.8, 4) is 5.75 Å². The van der Waals surface area contributed by atoms with Crippen LogP contribution in [0, 0.1) is 0 Å². The zero-order valence-electron chi connectivity index (χ0n) is 13.2. The number of nitrogens with zero attached hydrogens (tertiary/aromatic N) is 2. The molecule has 3 rings (SSSR count). The number of benzene rings is 2. The van der Waals surface area contributed by atoms with Crippen molar-refractivity contribution < 1.29 is 9.53 Å². The second-order valence-corrected chi connectivity index (χ2v) is 5.39. The van der Waals surface area contributed by atoms with E-state index in [0.29, 0.717) is 13.0 Å². The highest BCUT2D eigenvalue weighted by molar-refractivity contribution is 5.83. The Hall–Kier alpha value is -2.82. The van der Waals surface area contributed by atoms with Gasteiger partial charge < -0.3 is 10.1 Å². The van der Waals surface area contributed by atoms with Crippen LogP contribution in [0.4, 0.5) is 0 Å². The predicted molar refractivity (Wildman–Crippen MR) is 89.3 cm³/mol. The number of methoxy groups -OCH3 is 1. The van der Waals surface area contributed by atoms with Crippen LogP contribution in [-0.4, -0.2) is 22.8 Å². The van der Waals surface area contributed by atoms with Crippen molar-refractivity contribution in [3.05, 3.63) is 59.8 Å². The standard InChI is InChI=1S/C18H19N3O2/c1-21-17-6-4-3-5-15(17)16(20-21)12-19-18(22)11-13-7-9-14(23-2)10-8-13/h3-10H,11-12H2,1-2H3,(H,19,22). The molecule has 0 aliphatic heterocycles. The molecule has 3 aromatic rings. The van der Waals surface area contributed by atoms with Crippen LogP contribution in [0.2, 0.25) is 0 Å². The molecule has 0 spiro atoms. The second-order valence-electron chi connectivity index (χ2n) is 5.39. The van der Waals surface area contributed by atoms with E-state index in [1.807, 2.05) is 60.3 Å². The van der Waals surface area contributed by atoms with Crippen molar-refractivity contribution >= 4 is 16.8 Å². The van der Waals surface area contributed by atoms with Crippen LogP contribution in [-0.2, 0) is 24.8 Å². The minimum absolute atomic E-state index is 0.0232. The molecule has 118 valence electrons. The van der Waals surface area contributed by atoms with Crippen molar-refractivity contribution in [1.29, 1.82) is 0 Å². The maximum Gasteiger partial charge on any atom is 0.224 e. The summed E-state index contributed by atoms with van der Waals surface area (Å²) in [6, 6.07) is 15.5. The van der Waals surface area contributed by atoms with Crippen molar-refractivity contribution in [2.24, 2.45) is 7.05 Å². The fourth-order valence-electron chi connectivity index (χ4n) is 2.59. The molecule has 0 radical (unpaired) electrons. The SMILES string of the molecule is COc1ccc(CC(=O)NCc2nn(C)c3ccccc23)cc1. The number of amides is 1. The average Bonchev–Trinajstić information content (AvgIpc) is 2.90. The molecule has 0 unspecified atom stereocenters. The van der Waals surface area contributed by atoms with Crippen LogP contribution in [0.1, 0.15) is 11.3 Å². The van der Waals surface area contributed by atoms with Gasteiger partial charge in [0.25, 0.3) is 0 Å². The maximum atomic E-state index is 12.1. The van der Waals surface area contributed by atoms with Gasteiger partial charge in [-0.25, -0.2) is 0 Å². The van der Waals surface area contributed by atoms with Gasteiger partial charge in [0.05, 0.1) is 31.3 Å². The zero-order valence-corrected chi connectivity index (χ0v) is 13.2. The van der Waals surface area contributed by atoms with E-state index in [9.17, 15) is 4.79 Å². The molecule has 0 saturated carbocycles. The minimum Gasteiger partial charge on any atom is -0.497 e. The third-order valence-corrected chi connectivity index (χ3v) is 3.81. The Labute approximate surface area is 134 Å². The van der Waals surface area contributed by atoms with Crippen molar-refractivity contribution in [3.63, 3.8) is 0 Å². The number of aryl methyl sites for hydroxylation is 1. The van der Waals surface area contributed by atoms with Crippen LogP contribution in [0.5, 0.6) is 5.75 Å². The summed E-state index contributed by atoms with van der Waals surface area (Å²) in [4.78, 5) is 12.1.